The molecule has 1 aliphatic heterocycles. The average molecular weight is 339 g/mol. The van der Waals surface area contributed by atoms with Gasteiger partial charge in [0.2, 0.25) is 0 Å². The summed E-state index contributed by atoms with van der Waals surface area (Å²) in [6, 6.07) is 6.59. The van der Waals surface area contributed by atoms with Gasteiger partial charge in [-0.3, -0.25) is 9.58 Å². The monoisotopic (exact) mass is 338 g/mol. The number of halogens is 2. The van der Waals surface area contributed by atoms with E-state index in [1.165, 1.54) is 24.1 Å². The smallest absolute Gasteiger partial charge is 0.123 e. The summed E-state index contributed by atoms with van der Waals surface area (Å²) in [5.41, 5.74) is 2.30. The van der Waals surface area contributed by atoms with Crippen molar-refractivity contribution in [1.29, 1.82) is 0 Å². The van der Waals surface area contributed by atoms with Crippen molar-refractivity contribution in [2.45, 2.75) is 19.5 Å². The highest BCUT2D eigenvalue weighted by Gasteiger charge is 2.21. The summed E-state index contributed by atoms with van der Waals surface area (Å²) in [5.74, 6) is 0.564. The van der Waals surface area contributed by atoms with E-state index in [2.05, 4.69) is 21.5 Å². The van der Waals surface area contributed by atoms with Crippen molar-refractivity contribution in [1.82, 2.24) is 20.0 Å². The fourth-order valence-electron chi connectivity index (χ4n) is 3.12. The van der Waals surface area contributed by atoms with Gasteiger partial charge in [-0.2, -0.15) is 5.10 Å². The van der Waals surface area contributed by atoms with Crippen LogP contribution < -0.4 is 5.32 Å². The largest absolute Gasteiger partial charge is 0.319 e. The average Bonchev–Trinajstić information content (AvgIpc) is 3.12. The van der Waals surface area contributed by atoms with Gasteiger partial charge in [0, 0.05) is 24.8 Å². The van der Waals surface area contributed by atoms with E-state index in [0.29, 0.717) is 6.54 Å². The number of hydrogen-bond acceptors (Lipinski definition) is 3. The van der Waals surface area contributed by atoms with Crippen LogP contribution in [0.3, 0.4) is 0 Å². The second-order valence-corrected chi connectivity index (χ2v) is 6.12. The lowest BCUT2D eigenvalue weighted by atomic mass is 10.1. The number of benzene rings is 1. The molecule has 2 aromatic rings. The summed E-state index contributed by atoms with van der Waals surface area (Å²) in [4.78, 5) is 2.49. The van der Waals surface area contributed by atoms with Crippen LogP contribution >= 0.6 is 12.4 Å². The summed E-state index contributed by atoms with van der Waals surface area (Å²) in [5, 5.41) is 7.67. The number of nitrogens with one attached hydrogen (secondary N) is 1. The molecule has 1 N–H and O–H groups in total. The first-order chi connectivity index (χ1) is 10.7. The Labute approximate surface area is 143 Å². The Morgan fingerprint density at radius 1 is 1.22 bits per heavy atom. The maximum absolute atomic E-state index is 12.9. The summed E-state index contributed by atoms with van der Waals surface area (Å²) in [6.45, 7) is 5.06. The first kappa shape index (κ1) is 17.9. The zero-order chi connectivity index (χ0) is 15.4. The van der Waals surface area contributed by atoms with Crippen LogP contribution in [0.2, 0.25) is 0 Å². The predicted molar refractivity (Wildman–Crippen MR) is 92.3 cm³/mol. The lowest BCUT2D eigenvalue weighted by Gasteiger charge is -2.14. The van der Waals surface area contributed by atoms with Crippen molar-refractivity contribution in [3.63, 3.8) is 0 Å². The van der Waals surface area contributed by atoms with Crippen molar-refractivity contribution in [2.24, 2.45) is 5.92 Å². The van der Waals surface area contributed by atoms with E-state index in [-0.39, 0.29) is 18.2 Å². The third-order valence-corrected chi connectivity index (χ3v) is 4.21. The molecule has 0 saturated carbocycles. The number of likely N-dealkylation sites (tertiary alicyclic amines) is 1. The normalized spacial score (nSPS) is 18.1. The van der Waals surface area contributed by atoms with E-state index in [1.807, 2.05) is 17.9 Å². The number of hydrogen-bond donors (Lipinski definition) is 1. The first-order valence-corrected chi connectivity index (χ1v) is 7.85. The minimum atomic E-state index is -0.199. The summed E-state index contributed by atoms with van der Waals surface area (Å²) >= 11 is 0. The molecular weight excluding hydrogens is 315 g/mol. The van der Waals surface area contributed by atoms with Crippen molar-refractivity contribution >= 4 is 12.4 Å². The second kappa shape index (κ2) is 8.43. The van der Waals surface area contributed by atoms with E-state index in [4.69, 9.17) is 0 Å². The molecule has 4 nitrogen and oxygen atoms in total. The van der Waals surface area contributed by atoms with Crippen LogP contribution in [0, 0.1) is 11.7 Å². The molecule has 1 aromatic carbocycles. The maximum Gasteiger partial charge on any atom is 0.123 e. The molecule has 0 spiro atoms. The fraction of sp³-hybridized carbons (Fsp3) is 0.471. The molecular formula is C17H24ClFN4. The number of aromatic nitrogens is 2. The van der Waals surface area contributed by atoms with Crippen LogP contribution in [0.25, 0.3) is 0 Å². The topological polar surface area (TPSA) is 33.1 Å². The maximum atomic E-state index is 12.9. The Balaban J connectivity index is 0.00000192. The van der Waals surface area contributed by atoms with Crippen molar-refractivity contribution in [2.75, 3.05) is 26.7 Å². The molecule has 6 heteroatoms. The van der Waals surface area contributed by atoms with Gasteiger partial charge in [-0.05, 0) is 50.2 Å². The molecule has 1 unspecified atom stereocenters. The van der Waals surface area contributed by atoms with Gasteiger partial charge in [0.25, 0.3) is 0 Å². The van der Waals surface area contributed by atoms with E-state index < -0.39 is 0 Å². The van der Waals surface area contributed by atoms with Gasteiger partial charge in [0.1, 0.15) is 5.82 Å². The predicted octanol–water partition coefficient (Wildman–Crippen LogP) is 2.53. The molecule has 3 rings (SSSR count). The Hall–Kier alpha value is -1.43. The van der Waals surface area contributed by atoms with Gasteiger partial charge in [-0.1, -0.05) is 12.1 Å². The lowest BCUT2D eigenvalue weighted by molar-refractivity contribution is 0.315. The molecule has 1 saturated heterocycles. The van der Waals surface area contributed by atoms with Gasteiger partial charge in [-0.25, -0.2) is 4.39 Å². The van der Waals surface area contributed by atoms with Gasteiger partial charge < -0.3 is 5.32 Å². The van der Waals surface area contributed by atoms with Crippen LogP contribution in [0.1, 0.15) is 17.5 Å². The Bertz CT molecular complexity index is 599. The zero-order valence-electron chi connectivity index (χ0n) is 13.4. The summed E-state index contributed by atoms with van der Waals surface area (Å²) in [6.07, 6.45) is 5.30. The molecule has 0 amide bonds. The molecule has 1 aliphatic rings. The number of nitrogens with zero attached hydrogens (tertiary/aromatic N) is 3. The molecule has 126 valence electrons. The van der Waals surface area contributed by atoms with E-state index >= 15 is 0 Å². The van der Waals surface area contributed by atoms with Gasteiger partial charge in [-0.15, -0.1) is 12.4 Å². The quantitative estimate of drug-likeness (QED) is 0.878. The highest BCUT2D eigenvalue weighted by atomic mass is 35.5. The van der Waals surface area contributed by atoms with E-state index in [1.54, 1.807) is 12.1 Å². The Morgan fingerprint density at radius 2 is 2.00 bits per heavy atom. The minimum Gasteiger partial charge on any atom is -0.319 e. The van der Waals surface area contributed by atoms with Crippen LogP contribution in [-0.2, 0) is 13.1 Å². The molecule has 1 fully saturated rings. The Morgan fingerprint density at radius 3 is 2.74 bits per heavy atom. The minimum absolute atomic E-state index is 0. The van der Waals surface area contributed by atoms with Gasteiger partial charge in [0.05, 0.1) is 12.7 Å². The summed E-state index contributed by atoms with van der Waals surface area (Å²) < 4.78 is 14.8. The zero-order valence-corrected chi connectivity index (χ0v) is 14.2. The van der Waals surface area contributed by atoms with Crippen LogP contribution in [0.5, 0.6) is 0 Å². The second-order valence-electron chi connectivity index (χ2n) is 6.12. The fourth-order valence-corrected chi connectivity index (χ4v) is 3.12. The standard InChI is InChI=1S/C17H23FN4.ClH/c1-19-8-15-6-7-21(10-15)11-16-9-20-22(13-16)12-14-2-4-17(18)5-3-14;/h2-5,9,13,15,19H,6-8,10-12H2,1H3;1H. The first-order valence-electron chi connectivity index (χ1n) is 7.85. The lowest BCUT2D eigenvalue weighted by Crippen LogP contribution is -2.24. The van der Waals surface area contributed by atoms with Crippen molar-refractivity contribution < 1.29 is 4.39 Å². The van der Waals surface area contributed by atoms with Gasteiger partial charge >= 0.3 is 0 Å². The third kappa shape index (κ3) is 5.03. The summed E-state index contributed by atoms with van der Waals surface area (Å²) in [7, 11) is 2.02. The van der Waals surface area contributed by atoms with Crippen molar-refractivity contribution in [3.8, 4) is 0 Å². The van der Waals surface area contributed by atoms with Crippen LogP contribution in [0.4, 0.5) is 4.39 Å². The van der Waals surface area contributed by atoms with Crippen LogP contribution in [-0.4, -0.2) is 41.4 Å². The molecule has 0 aliphatic carbocycles. The van der Waals surface area contributed by atoms with E-state index in [9.17, 15) is 4.39 Å². The molecule has 1 aromatic heterocycles. The third-order valence-electron chi connectivity index (χ3n) is 4.21. The molecule has 1 atom stereocenters. The van der Waals surface area contributed by atoms with E-state index in [0.717, 1.165) is 37.7 Å². The SMILES string of the molecule is CNCC1CCN(Cc2cnn(Cc3ccc(F)cc3)c2)C1.Cl. The van der Waals surface area contributed by atoms with Crippen LogP contribution in [0.15, 0.2) is 36.7 Å². The highest BCUT2D eigenvalue weighted by molar-refractivity contribution is 5.85. The molecule has 2 heterocycles. The molecule has 0 radical (unpaired) electrons. The Kier molecular flexibility index (Phi) is 6.57. The van der Waals surface area contributed by atoms with Crippen molar-refractivity contribution in [3.05, 3.63) is 53.6 Å². The number of rotatable bonds is 6. The molecule has 23 heavy (non-hydrogen) atoms. The van der Waals surface area contributed by atoms with Gasteiger partial charge in [0.15, 0.2) is 0 Å². The molecule has 0 bridgehead atoms. The highest BCUT2D eigenvalue weighted by Crippen LogP contribution is 2.18.